The maximum atomic E-state index is 5.26. The highest BCUT2D eigenvalue weighted by Crippen LogP contribution is 2.35. The summed E-state index contributed by atoms with van der Waals surface area (Å²) in [4.78, 5) is 0. The molecule has 1 saturated carbocycles. The summed E-state index contributed by atoms with van der Waals surface area (Å²) in [6.07, 6.45) is 3.22. The third-order valence-electron chi connectivity index (χ3n) is 2.42. The summed E-state index contributed by atoms with van der Waals surface area (Å²) in [5.74, 6) is 1.65. The van der Waals surface area contributed by atoms with Gasteiger partial charge in [0.25, 0.3) is 0 Å². The van der Waals surface area contributed by atoms with Gasteiger partial charge in [-0.25, -0.2) is 0 Å². The molecule has 1 heteroatoms. The molecule has 0 saturated heterocycles. The van der Waals surface area contributed by atoms with Crippen LogP contribution in [0.3, 0.4) is 0 Å². The second-order valence-electron chi connectivity index (χ2n) is 3.26. The van der Waals surface area contributed by atoms with Gasteiger partial charge in [0.15, 0.2) is 0 Å². The molecular weight excluding hydrogens is 112 g/mol. The van der Waals surface area contributed by atoms with Crippen molar-refractivity contribution >= 4 is 0 Å². The predicted octanol–water partition coefficient (Wildman–Crippen LogP) is 2.07. The van der Waals surface area contributed by atoms with Crippen molar-refractivity contribution in [2.75, 3.05) is 7.11 Å². The van der Waals surface area contributed by atoms with Gasteiger partial charge in [-0.1, -0.05) is 13.8 Å². The van der Waals surface area contributed by atoms with E-state index in [1.807, 2.05) is 7.11 Å². The molecule has 54 valence electrons. The fraction of sp³-hybridized carbons (Fsp3) is 1.00. The predicted molar refractivity (Wildman–Crippen MR) is 38.4 cm³/mol. The maximum absolute atomic E-state index is 5.26. The van der Waals surface area contributed by atoms with Crippen LogP contribution in [-0.4, -0.2) is 13.2 Å². The highest BCUT2D eigenvalue weighted by atomic mass is 16.5. The Hall–Kier alpha value is -0.0400. The van der Waals surface area contributed by atoms with E-state index in [2.05, 4.69) is 13.8 Å². The van der Waals surface area contributed by atoms with Gasteiger partial charge in [0.1, 0.15) is 0 Å². The van der Waals surface area contributed by atoms with E-state index < -0.39 is 0 Å². The van der Waals surface area contributed by atoms with E-state index in [9.17, 15) is 0 Å². The average molecular weight is 128 g/mol. The van der Waals surface area contributed by atoms with E-state index in [0.717, 1.165) is 11.8 Å². The largest absolute Gasteiger partial charge is 0.381 e. The van der Waals surface area contributed by atoms with Crippen molar-refractivity contribution in [3.8, 4) is 0 Å². The van der Waals surface area contributed by atoms with Crippen LogP contribution in [-0.2, 0) is 4.74 Å². The first-order valence-electron chi connectivity index (χ1n) is 3.78. The molecule has 0 radical (unpaired) electrons. The summed E-state index contributed by atoms with van der Waals surface area (Å²) in [7, 11) is 1.82. The topological polar surface area (TPSA) is 9.23 Å². The number of ether oxygens (including phenoxy) is 1. The van der Waals surface area contributed by atoms with Gasteiger partial charge in [-0.15, -0.1) is 0 Å². The second kappa shape index (κ2) is 2.70. The standard InChI is InChI=1S/C8H16O/c1-6(2)7-4-5-8(7)9-3/h6-8H,4-5H2,1-3H3/t7-,8-/m1/s1. The average Bonchev–Trinajstić information content (AvgIpc) is 1.61. The Balaban J connectivity index is 2.27. The van der Waals surface area contributed by atoms with Crippen molar-refractivity contribution in [1.29, 1.82) is 0 Å². The number of hydrogen-bond acceptors (Lipinski definition) is 1. The van der Waals surface area contributed by atoms with Crippen LogP contribution >= 0.6 is 0 Å². The normalized spacial score (nSPS) is 34.7. The van der Waals surface area contributed by atoms with Gasteiger partial charge in [0.05, 0.1) is 6.10 Å². The first-order chi connectivity index (χ1) is 4.25. The van der Waals surface area contributed by atoms with Gasteiger partial charge in [-0.05, 0) is 24.7 Å². The summed E-state index contributed by atoms with van der Waals surface area (Å²) in [6.45, 7) is 4.55. The molecule has 1 fully saturated rings. The Morgan fingerprint density at radius 3 is 2.11 bits per heavy atom. The van der Waals surface area contributed by atoms with Crippen molar-refractivity contribution in [3.05, 3.63) is 0 Å². The van der Waals surface area contributed by atoms with E-state index in [1.54, 1.807) is 0 Å². The Labute approximate surface area is 57.4 Å². The van der Waals surface area contributed by atoms with Crippen LogP contribution in [0.15, 0.2) is 0 Å². The van der Waals surface area contributed by atoms with Crippen molar-refractivity contribution < 1.29 is 4.74 Å². The molecule has 0 aliphatic heterocycles. The maximum Gasteiger partial charge on any atom is 0.0602 e. The summed E-state index contributed by atoms with van der Waals surface area (Å²) in [5, 5.41) is 0. The third-order valence-corrected chi connectivity index (χ3v) is 2.42. The summed E-state index contributed by atoms with van der Waals surface area (Å²) < 4.78 is 5.26. The molecule has 0 spiro atoms. The van der Waals surface area contributed by atoms with Crippen molar-refractivity contribution in [2.45, 2.75) is 32.8 Å². The molecule has 2 atom stereocenters. The third kappa shape index (κ3) is 1.26. The number of methoxy groups -OCH3 is 1. The monoisotopic (exact) mass is 128 g/mol. The van der Waals surface area contributed by atoms with Gasteiger partial charge in [0, 0.05) is 7.11 Å². The van der Waals surface area contributed by atoms with Crippen LogP contribution in [0.5, 0.6) is 0 Å². The van der Waals surface area contributed by atoms with E-state index >= 15 is 0 Å². The Morgan fingerprint density at radius 1 is 1.33 bits per heavy atom. The molecule has 0 aromatic carbocycles. The minimum Gasteiger partial charge on any atom is -0.381 e. The molecule has 1 aliphatic carbocycles. The number of rotatable bonds is 2. The highest BCUT2D eigenvalue weighted by molar-refractivity contribution is 4.83. The van der Waals surface area contributed by atoms with E-state index in [0.29, 0.717) is 6.10 Å². The van der Waals surface area contributed by atoms with Crippen molar-refractivity contribution in [2.24, 2.45) is 11.8 Å². The molecule has 0 aromatic rings. The molecule has 1 aliphatic rings. The van der Waals surface area contributed by atoms with Crippen LogP contribution < -0.4 is 0 Å². The second-order valence-corrected chi connectivity index (χ2v) is 3.26. The van der Waals surface area contributed by atoms with E-state index in [-0.39, 0.29) is 0 Å². The minimum absolute atomic E-state index is 0.574. The molecule has 0 heterocycles. The molecule has 0 aromatic heterocycles. The lowest BCUT2D eigenvalue weighted by Crippen LogP contribution is -2.36. The molecule has 0 unspecified atom stereocenters. The van der Waals surface area contributed by atoms with Gasteiger partial charge in [-0.3, -0.25) is 0 Å². The summed E-state index contributed by atoms with van der Waals surface area (Å²) >= 11 is 0. The summed E-state index contributed by atoms with van der Waals surface area (Å²) in [5.41, 5.74) is 0. The molecule has 0 N–H and O–H groups in total. The number of hydrogen-bond donors (Lipinski definition) is 0. The lowest BCUT2D eigenvalue weighted by molar-refractivity contribution is -0.0361. The lowest BCUT2D eigenvalue weighted by atomic mass is 9.75. The van der Waals surface area contributed by atoms with Crippen molar-refractivity contribution in [3.63, 3.8) is 0 Å². The first kappa shape index (κ1) is 7.07. The van der Waals surface area contributed by atoms with Gasteiger partial charge in [0.2, 0.25) is 0 Å². The first-order valence-corrected chi connectivity index (χ1v) is 3.78. The Bertz CT molecular complexity index is 86.6. The van der Waals surface area contributed by atoms with E-state index in [1.165, 1.54) is 12.8 Å². The zero-order valence-electron chi connectivity index (χ0n) is 6.55. The Morgan fingerprint density at radius 2 is 2.00 bits per heavy atom. The molecule has 0 amide bonds. The van der Waals surface area contributed by atoms with Crippen LogP contribution in [0.1, 0.15) is 26.7 Å². The van der Waals surface area contributed by atoms with Crippen molar-refractivity contribution in [1.82, 2.24) is 0 Å². The van der Waals surface area contributed by atoms with E-state index in [4.69, 9.17) is 4.74 Å². The zero-order valence-corrected chi connectivity index (χ0v) is 6.55. The Kier molecular flexibility index (Phi) is 2.12. The highest BCUT2D eigenvalue weighted by Gasteiger charge is 2.32. The van der Waals surface area contributed by atoms with Crippen LogP contribution in [0, 0.1) is 11.8 Å². The fourth-order valence-corrected chi connectivity index (χ4v) is 1.55. The van der Waals surface area contributed by atoms with Crippen LogP contribution in [0.4, 0.5) is 0 Å². The molecular formula is C8H16O. The quantitative estimate of drug-likeness (QED) is 0.553. The molecule has 1 nitrogen and oxygen atoms in total. The molecule has 9 heavy (non-hydrogen) atoms. The van der Waals surface area contributed by atoms with Gasteiger partial charge in [-0.2, -0.15) is 0 Å². The van der Waals surface area contributed by atoms with Crippen LogP contribution in [0.2, 0.25) is 0 Å². The smallest absolute Gasteiger partial charge is 0.0602 e. The fourth-order valence-electron chi connectivity index (χ4n) is 1.55. The molecule has 1 rings (SSSR count). The van der Waals surface area contributed by atoms with Crippen LogP contribution in [0.25, 0.3) is 0 Å². The summed E-state index contributed by atoms with van der Waals surface area (Å²) in [6, 6.07) is 0. The van der Waals surface area contributed by atoms with Gasteiger partial charge >= 0.3 is 0 Å². The SMILES string of the molecule is CO[C@@H]1CC[C@@H]1C(C)C. The zero-order chi connectivity index (χ0) is 6.85. The lowest BCUT2D eigenvalue weighted by Gasteiger charge is -2.38. The molecule has 0 bridgehead atoms. The minimum atomic E-state index is 0.574. The van der Waals surface area contributed by atoms with Gasteiger partial charge < -0.3 is 4.74 Å².